The normalized spacial score (nSPS) is 12.8. The smallest absolute Gasteiger partial charge is 0.157 e. The van der Waals surface area contributed by atoms with Crippen molar-refractivity contribution in [1.82, 2.24) is 0 Å². The number of hydrogen-bond donors (Lipinski definition) is 2. The number of methoxy groups -OCH3 is 1. The SMILES string of the molecule is CCC(OC)c1ccc(O)c(O)c1. The maximum atomic E-state index is 9.23. The van der Waals surface area contributed by atoms with Crippen LogP contribution in [0, 0.1) is 0 Å². The molecule has 72 valence electrons. The lowest BCUT2D eigenvalue weighted by Crippen LogP contribution is -1.98. The lowest BCUT2D eigenvalue weighted by molar-refractivity contribution is 0.0998. The second-order valence-electron chi connectivity index (χ2n) is 2.88. The van der Waals surface area contributed by atoms with Gasteiger partial charge in [0.05, 0.1) is 6.10 Å². The van der Waals surface area contributed by atoms with Gasteiger partial charge in [-0.15, -0.1) is 0 Å². The van der Waals surface area contributed by atoms with E-state index in [0.29, 0.717) is 0 Å². The second kappa shape index (κ2) is 4.14. The number of phenols is 2. The fraction of sp³-hybridized carbons (Fsp3) is 0.400. The Morgan fingerprint density at radius 1 is 1.31 bits per heavy atom. The molecule has 1 unspecified atom stereocenters. The van der Waals surface area contributed by atoms with Gasteiger partial charge in [-0.2, -0.15) is 0 Å². The first-order valence-corrected chi connectivity index (χ1v) is 4.23. The minimum absolute atomic E-state index is 0.0218. The van der Waals surface area contributed by atoms with Gasteiger partial charge in [-0.25, -0.2) is 0 Å². The molecule has 0 bridgehead atoms. The van der Waals surface area contributed by atoms with Crippen LogP contribution in [0.2, 0.25) is 0 Å². The summed E-state index contributed by atoms with van der Waals surface area (Å²) >= 11 is 0. The van der Waals surface area contributed by atoms with E-state index in [2.05, 4.69) is 0 Å². The highest BCUT2D eigenvalue weighted by Crippen LogP contribution is 2.29. The number of ether oxygens (including phenoxy) is 1. The summed E-state index contributed by atoms with van der Waals surface area (Å²) in [5.74, 6) is -0.206. The van der Waals surface area contributed by atoms with Crippen LogP contribution < -0.4 is 0 Å². The predicted octanol–water partition coefficient (Wildman–Crippen LogP) is 2.20. The lowest BCUT2D eigenvalue weighted by Gasteiger charge is -2.13. The summed E-state index contributed by atoms with van der Waals surface area (Å²) in [6, 6.07) is 4.73. The van der Waals surface area contributed by atoms with Crippen molar-refractivity contribution in [2.24, 2.45) is 0 Å². The molecule has 1 rings (SSSR count). The Hall–Kier alpha value is -1.22. The van der Waals surface area contributed by atoms with Crippen LogP contribution in [-0.2, 0) is 4.74 Å². The van der Waals surface area contributed by atoms with Crippen LogP contribution in [0.15, 0.2) is 18.2 Å². The van der Waals surface area contributed by atoms with Gasteiger partial charge in [0, 0.05) is 7.11 Å². The molecule has 1 atom stereocenters. The molecule has 1 aromatic carbocycles. The van der Waals surface area contributed by atoms with E-state index in [0.717, 1.165) is 12.0 Å². The monoisotopic (exact) mass is 182 g/mol. The molecule has 0 aliphatic heterocycles. The molecule has 0 spiro atoms. The van der Waals surface area contributed by atoms with E-state index in [9.17, 15) is 5.11 Å². The molecule has 0 aliphatic carbocycles. The van der Waals surface area contributed by atoms with Gasteiger partial charge in [0.15, 0.2) is 11.5 Å². The zero-order valence-corrected chi connectivity index (χ0v) is 7.82. The van der Waals surface area contributed by atoms with Crippen molar-refractivity contribution in [3.05, 3.63) is 23.8 Å². The van der Waals surface area contributed by atoms with E-state index in [1.807, 2.05) is 6.92 Å². The molecule has 3 nitrogen and oxygen atoms in total. The molecule has 0 aromatic heterocycles. The summed E-state index contributed by atoms with van der Waals surface area (Å²) in [6.07, 6.45) is 0.812. The van der Waals surface area contributed by atoms with Crippen molar-refractivity contribution in [3.8, 4) is 11.5 Å². The average Bonchev–Trinajstić information content (AvgIpc) is 2.13. The van der Waals surface area contributed by atoms with Gasteiger partial charge in [0.1, 0.15) is 0 Å². The molecule has 0 amide bonds. The minimum atomic E-state index is -0.104. The topological polar surface area (TPSA) is 49.7 Å². The third-order valence-electron chi connectivity index (χ3n) is 2.03. The van der Waals surface area contributed by atoms with E-state index in [1.165, 1.54) is 12.1 Å². The van der Waals surface area contributed by atoms with Crippen molar-refractivity contribution in [2.75, 3.05) is 7.11 Å². The van der Waals surface area contributed by atoms with E-state index in [1.54, 1.807) is 13.2 Å². The minimum Gasteiger partial charge on any atom is -0.504 e. The molecule has 0 aliphatic rings. The number of hydrogen-bond acceptors (Lipinski definition) is 3. The average molecular weight is 182 g/mol. The molecule has 2 N–H and O–H groups in total. The van der Waals surface area contributed by atoms with Crippen molar-refractivity contribution in [1.29, 1.82) is 0 Å². The highest BCUT2D eigenvalue weighted by Gasteiger charge is 2.09. The third kappa shape index (κ3) is 2.12. The summed E-state index contributed by atoms with van der Waals surface area (Å²) in [7, 11) is 1.62. The molecular formula is C10H14O3. The molecule has 0 saturated carbocycles. The molecule has 0 saturated heterocycles. The molecular weight excluding hydrogens is 168 g/mol. The zero-order valence-electron chi connectivity index (χ0n) is 7.82. The van der Waals surface area contributed by atoms with Gasteiger partial charge in [0.2, 0.25) is 0 Å². The van der Waals surface area contributed by atoms with Gasteiger partial charge in [-0.05, 0) is 24.1 Å². The Morgan fingerprint density at radius 2 is 2.00 bits per heavy atom. The largest absolute Gasteiger partial charge is 0.504 e. The number of aromatic hydroxyl groups is 2. The standard InChI is InChI=1S/C10H14O3/c1-3-10(13-2)7-4-5-8(11)9(12)6-7/h4-6,10-12H,3H2,1-2H3. The summed E-state index contributed by atoms with van der Waals surface area (Å²) in [4.78, 5) is 0. The van der Waals surface area contributed by atoms with Crippen LogP contribution in [-0.4, -0.2) is 17.3 Å². The number of benzene rings is 1. The van der Waals surface area contributed by atoms with Crippen LogP contribution in [0.3, 0.4) is 0 Å². The maximum absolute atomic E-state index is 9.23. The second-order valence-corrected chi connectivity index (χ2v) is 2.88. The molecule has 0 fully saturated rings. The molecule has 13 heavy (non-hydrogen) atoms. The highest BCUT2D eigenvalue weighted by molar-refractivity contribution is 5.41. The van der Waals surface area contributed by atoms with Gasteiger partial charge >= 0.3 is 0 Å². The van der Waals surface area contributed by atoms with E-state index < -0.39 is 0 Å². The van der Waals surface area contributed by atoms with Crippen LogP contribution in [0.5, 0.6) is 11.5 Å². The maximum Gasteiger partial charge on any atom is 0.157 e. The van der Waals surface area contributed by atoms with Crippen LogP contribution in [0.1, 0.15) is 25.0 Å². The molecule has 3 heteroatoms. The van der Waals surface area contributed by atoms with Crippen molar-refractivity contribution in [2.45, 2.75) is 19.4 Å². The van der Waals surface area contributed by atoms with Crippen LogP contribution >= 0.6 is 0 Å². The lowest BCUT2D eigenvalue weighted by atomic mass is 10.1. The van der Waals surface area contributed by atoms with Crippen LogP contribution in [0.25, 0.3) is 0 Å². The predicted molar refractivity (Wildman–Crippen MR) is 49.8 cm³/mol. The van der Waals surface area contributed by atoms with Gasteiger partial charge in [-0.1, -0.05) is 13.0 Å². The molecule has 0 heterocycles. The first-order valence-electron chi connectivity index (χ1n) is 4.23. The summed E-state index contributed by atoms with van der Waals surface area (Å²) in [6.45, 7) is 2.00. The van der Waals surface area contributed by atoms with Gasteiger partial charge in [-0.3, -0.25) is 0 Å². The Bertz CT molecular complexity index is 279. The van der Waals surface area contributed by atoms with E-state index >= 15 is 0 Å². The summed E-state index contributed by atoms with van der Waals surface area (Å²) in [5, 5.41) is 18.3. The van der Waals surface area contributed by atoms with E-state index in [-0.39, 0.29) is 17.6 Å². The Kier molecular flexibility index (Phi) is 3.14. The van der Waals surface area contributed by atoms with E-state index in [4.69, 9.17) is 9.84 Å². The Morgan fingerprint density at radius 3 is 2.46 bits per heavy atom. The first kappa shape index (κ1) is 9.86. The van der Waals surface area contributed by atoms with Gasteiger partial charge < -0.3 is 14.9 Å². The highest BCUT2D eigenvalue weighted by atomic mass is 16.5. The Balaban J connectivity index is 2.95. The summed E-state index contributed by atoms with van der Waals surface area (Å²) in [5.41, 5.74) is 0.875. The fourth-order valence-electron chi connectivity index (χ4n) is 1.28. The fourth-order valence-corrected chi connectivity index (χ4v) is 1.28. The summed E-state index contributed by atoms with van der Waals surface area (Å²) < 4.78 is 5.19. The molecule has 1 aromatic rings. The van der Waals surface area contributed by atoms with Crippen molar-refractivity contribution >= 4 is 0 Å². The quantitative estimate of drug-likeness (QED) is 0.704. The third-order valence-corrected chi connectivity index (χ3v) is 2.03. The van der Waals surface area contributed by atoms with Crippen molar-refractivity contribution in [3.63, 3.8) is 0 Å². The first-order chi connectivity index (χ1) is 6.19. The number of rotatable bonds is 3. The zero-order chi connectivity index (χ0) is 9.84. The number of phenolic OH excluding ortho intramolecular Hbond substituents is 2. The van der Waals surface area contributed by atoms with Crippen molar-refractivity contribution < 1.29 is 14.9 Å². The molecule has 0 radical (unpaired) electrons. The van der Waals surface area contributed by atoms with Crippen LogP contribution in [0.4, 0.5) is 0 Å². The van der Waals surface area contributed by atoms with Gasteiger partial charge in [0.25, 0.3) is 0 Å². The Labute approximate surface area is 77.6 Å².